The molecule has 0 radical (unpaired) electrons. The van der Waals surface area contributed by atoms with Gasteiger partial charge in [0.1, 0.15) is 0 Å². The van der Waals surface area contributed by atoms with Gasteiger partial charge in [0, 0.05) is 24.9 Å². The number of nitrogens with one attached hydrogen (secondary N) is 1. The fourth-order valence-corrected chi connectivity index (χ4v) is 1.30. The molecule has 3 nitrogen and oxygen atoms in total. The van der Waals surface area contributed by atoms with Gasteiger partial charge < -0.3 is 10.1 Å². The zero-order chi connectivity index (χ0) is 11.5. The third-order valence-corrected chi connectivity index (χ3v) is 2.28. The van der Waals surface area contributed by atoms with Gasteiger partial charge >= 0.3 is 0 Å². The van der Waals surface area contributed by atoms with Crippen molar-refractivity contribution in [2.24, 2.45) is 5.92 Å². The quantitative estimate of drug-likeness (QED) is 0.520. The Labute approximate surface area is 101 Å². The van der Waals surface area contributed by atoms with Crippen LogP contribution in [0.1, 0.15) is 33.1 Å². The van der Waals surface area contributed by atoms with Gasteiger partial charge in [-0.05, 0) is 18.8 Å². The van der Waals surface area contributed by atoms with Crippen molar-refractivity contribution in [3.05, 3.63) is 0 Å². The Kier molecular flexibility index (Phi) is 10.4. The average molecular weight is 280 g/mol. The maximum Gasteiger partial charge on any atom is 0.220 e. The molecule has 0 aliphatic rings. The molecule has 0 aromatic carbocycles. The smallest absolute Gasteiger partial charge is 0.220 e. The van der Waals surface area contributed by atoms with E-state index in [9.17, 15) is 4.79 Å². The molecule has 90 valence electrons. The highest BCUT2D eigenvalue weighted by atomic mass is 79.9. The zero-order valence-electron chi connectivity index (χ0n) is 9.72. The SMILES string of the molecule is CC(C)CCC(=O)NCCCOCCBr. The van der Waals surface area contributed by atoms with Crippen LogP contribution in [-0.2, 0) is 9.53 Å². The normalized spacial score (nSPS) is 10.7. The molecular weight excluding hydrogens is 258 g/mol. The maximum atomic E-state index is 11.3. The van der Waals surface area contributed by atoms with Gasteiger partial charge in [-0.1, -0.05) is 29.8 Å². The Morgan fingerprint density at radius 2 is 2.13 bits per heavy atom. The van der Waals surface area contributed by atoms with E-state index in [2.05, 4.69) is 35.1 Å². The lowest BCUT2D eigenvalue weighted by Gasteiger charge is -2.06. The molecule has 4 heteroatoms. The molecule has 0 saturated carbocycles. The fourth-order valence-electron chi connectivity index (χ4n) is 1.07. The lowest BCUT2D eigenvalue weighted by molar-refractivity contribution is -0.121. The topological polar surface area (TPSA) is 38.3 Å². The second-order valence-corrected chi connectivity index (χ2v) is 4.73. The summed E-state index contributed by atoms with van der Waals surface area (Å²) in [5.41, 5.74) is 0. The second-order valence-electron chi connectivity index (χ2n) is 3.94. The summed E-state index contributed by atoms with van der Waals surface area (Å²) in [6.07, 6.45) is 2.49. The standard InChI is InChI=1S/C11H22BrNO2/c1-10(2)4-5-11(14)13-7-3-8-15-9-6-12/h10H,3-9H2,1-2H3,(H,13,14). The molecule has 1 N–H and O–H groups in total. The molecule has 0 rings (SSSR count). The lowest BCUT2D eigenvalue weighted by atomic mass is 10.1. The molecule has 0 saturated heterocycles. The van der Waals surface area contributed by atoms with Crippen molar-refractivity contribution < 1.29 is 9.53 Å². The first-order valence-corrected chi connectivity index (χ1v) is 6.69. The van der Waals surface area contributed by atoms with E-state index in [1.807, 2.05) is 0 Å². The van der Waals surface area contributed by atoms with Crippen LogP contribution in [-0.4, -0.2) is 31.0 Å². The fraction of sp³-hybridized carbons (Fsp3) is 0.909. The molecule has 0 aliphatic carbocycles. The Morgan fingerprint density at radius 1 is 1.40 bits per heavy atom. The first-order chi connectivity index (χ1) is 7.16. The molecule has 0 aliphatic heterocycles. The number of rotatable bonds is 9. The summed E-state index contributed by atoms with van der Waals surface area (Å²) in [5, 5.41) is 3.75. The number of halogens is 1. The van der Waals surface area contributed by atoms with Gasteiger partial charge in [0.15, 0.2) is 0 Å². The van der Waals surface area contributed by atoms with Crippen LogP contribution < -0.4 is 5.32 Å². The molecule has 0 aromatic rings. The minimum Gasteiger partial charge on any atom is -0.381 e. The van der Waals surface area contributed by atoms with Crippen molar-refractivity contribution in [3.63, 3.8) is 0 Å². The van der Waals surface area contributed by atoms with E-state index in [-0.39, 0.29) is 5.91 Å². The van der Waals surface area contributed by atoms with Gasteiger partial charge in [-0.15, -0.1) is 0 Å². The molecule has 0 atom stereocenters. The Morgan fingerprint density at radius 3 is 2.73 bits per heavy atom. The zero-order valence-corrected chi connectivity index (χ0v) is 11.3. The van der Waals surface area contributed by atoms with Crippen LogP contribution in [0, 0.1) is 5.92 Å². The summed E-state index contributed by atoms with van der Waals surface area (Å²) in [4.78, 5) is 11.3. The monoisotopic (exact) mass is 279 g/mol. The van der Waals surface area contributed by atoms with E-state index in [0.29, 0.717) is 12.3 Å². The second kappa shape index (κ2) is 10.4. The highest BCUT2D eigenvalue weighted by Crippen LogP contribution is 2.02. The number of hydrogen-bond acceptors (Lipinski definition) is 2. The third kappa shape index (κ3) is 11.8. The summed E-state index contributed by atoms with van der Waals surface area (Å²) >= 11 is 3.28. The molecule has 0 unspecified atom stereocenters. The summed E-state index contributed by atoms with van der Waals surface area (Å²) < 4.78 is 5.26. The van der Waals surface area contributed by atoms with Crippen LogP contribution in [0.2, 0.25) is 0 Å². The van der Waals surface area contributed by atoms with Crippen molar-refractivity contribution >= 4 is 21.8 Å². The van der Waals surface area contributed by atoms with Gasteiger partial charge in [-0.25, -0.2) is 0 Å². The first kappa shape index (κ1) is 14.9. The number of hydrogen-bond donors (Lipinski definition) is 1. The first-order valence-electron chi connectivity index (χ1n) is 5.57. The van der Waals surface area contributed by atoms with Gasteiger partial charge in [0.05, 0.1) is 6.61 Å². The van der Waals surface area contributed by atoms with Crippen LogP contribution in [0.25, 0.3) is 0 Å². The molecule has 0 aromatic heterocycles. The van der Waals surface area contributed by atoms with Gasteiger partial charge in [0.2, 0.25) is 5.91 Å². The van der Waals surface area contributed by atoms with E-state index in [0.717, 1.165) is 37.9 Å². The molecule has 0 fully saturated rings. The predicted octanol–water partition coefficient (Wildman–Crippen LogP) is 2.34. The minimum absolute atomic E-state index is 0.157. The molecular formula is C11H22BrNO2. The molecule has 0 heterocycles. The minimum atomic E-state index is 0.157. The Hall–Kier alpha value is -0.0900. The highest BCUT2D eigenvalue weighted by Gasteiger charge is 2.01. The number of carbonyl (C=O) groups excluding carboxylic acids is 1. The highest BCUT2D eigenvalue weighted by molar-refractivity contribution is 9.09. The summed E-state index contributed by atoms with van der Waals surface area (Å²) in [5.74, 6) is 0.752. The Balaban J connectivity index is 3.17. The molecule has 0 bridgehead atoms. The number of carbonyl (C=O) groups is 1. The largest absolute Gasteiger partial charge is 0.381 e. The number of amides is 1. The average Bonchev–Trinajstić information content (AvgIpc) is 2.20. The predicted molar refractivity (Wildman–Crippen MR) is 66.3 cm³/mol. The lowest BCUT2D eigenvalue weighted by Crippen LogP contribution is -2.25. The molecule has 1 amide bonds. The van der Waals surface area contributed by atoms with Crippen molar-refractivity contribution in [2.75, 3.05) is 25.1 Å². The number of alkyl halides is 1. The van der Waals surface area contributed by atoms with Crippen LogP contribution in [0.4, 0.5) is 0 Å². The van der Waals surface area contributed by atoms with Gasteiger partial charge in [-0.2, -0.15) is 0 Å². The van der Waals surface area contributed by atoms with Crippen molar-refractivity contribution in [1.82, 2.24) is 5.32 Å². The van der Waals surface area contributed by atoms with Gasteiger partial charge in [0.25, 0.3) is 0 Å². The van der Waals surface area contributed by atoms with E-state index in [1.165, 1.54) is 0 Å². The van der Waals surface area contributed by atoms with E-state index >= 15 is 0 Å². The molecule has 15 heavy (non-hydrogen) atoms. The van der Waals surface area contributed by atoms with Crippen molar-refractivity contribution in [2.45, 2.75) is 33.1 Å². The number of ether oxygens (including phenoxy) is 1. The van der Waals surface area contributed by atoms with Crippen LogP contribution in [0.5, 0.6) is 0 Å². The van der Waals surface area contributed by atoms with Crippen molar-refractivity contribution in [3.8, 4) is 0 Å². The van der Waals surface area contributed by atoms with E-state index in [1.54, 1.807) is 0 Å². The Bertz CT molecular complexity index is 163. The summed E-state index contributed by atoms with van der Waals surface area (Å²) in [7, 11) is 0. The van der Waals surface area contributed by atoms with E-state index in [4.69, 9.17) is 4.74 Å². The summed E-state index contributed by atoms with van der Waals surface area (Å²) in [6.45, 7) is 6.43. The van der Waals surface area contributed by atoms with Gasteiger partial charge in [-0.3, -0.25) is 4.79 Å². The summed E-state index contributed by atoms with van der Waals surface area (Å²) in [6, 6.07) is 0. The third-order valence-electron chi connectivity index (χ3n) is 1.96. The molecule has 0 spiro atoms. The van der Waals surface area contributed by atoms with Crippen LogP contribution in [0.15, 0.2) is 0 Å². The van der Waals surface area contributed by atoms with Crippen LogP contribution >= 0.6 is 15.9 Å². The van der Waals surface area contributed by atoms with Crippen molar-refractivity contribution in [1.29, 1.82) is 0 Å². The van der Waals surface area contributed by atoms with E-state index < -0.39 is 0 Å². The van der Waals surface area contributed by atoms with Crippen LogP contribution in [0.3, 0.4) is 0 Å². The maximum absolute atomic E-state index is 11.3.